The summed E-state index contributed by atoms with van der Waals surface area (Å²) < 4.78 is 10.9. The fourth-order valence-corrected chi connectivity index (χ4v) is 2.56. The smallest absolute Gasteiger partial charge is 0.271 e. The number of hydrogen-bond acceptors (Lipinski definition) is 5. The number of methoxy groups -OCH3 is 2. The van der Waals surface area contributed by atoms with Crippen molar-refractivity contribution in [2.75, 3.05) is 14.2 Å². The molecule has 2 aromatic rings. The summed E-state index contributed by atoms with van der Waals surface area (Å²) in [5.74, 6) is 0.755. The molecule has 2 rings (SSSR count). The Morgan fingerprint density at radius 2 is 1.87 bits per heavy atom. The average Bonchev–Trinajstić information content (AvgIpc) is 2.54. The van der Waals surface area contributed by atoms with E-state index < -0.39 is 0 Å². The summed E-state index contributed by atoms with van der Waals surface area (Å²) in [6.45, 7) is 0. The molecule has 0 radical (unpaired) electrons. The lowest BCUT2D eigenvalue weighted by Crippen LogP contribution is -2.17. The third kappa shape index (κ3) is 4.35. The van der Waals surface area contributed by atoms with Gasteiger partial charge >= 0.3 is 0 Å². The van der Waals surface area contributed by atoms with Crippen LogP contribution < -0.4 is 14.9 Å². The Balaban J connectivity index is 2.03. The largest absolute Gasteiger partial charge is 0.504 e. The van der Waals surface area contributed by atoms with Crippen LogP contribution in [0.1, 0.15) is 15.9 Å². The maximum Gasteiger partial charge on any atom is 0.271 e. The Bertz CT molecular complexity index is 747. The quantitative estimate of drug-likeness (QED) is 0.438. The third-order valence-electron chi connectivity index (χ3n) is 3.00. The molecule has 0 spiro atoms. The molecule has 2 aromatic carbocycles. The van der Waals surface area contributed by atoms with Gasteiger partial charge in [0.15, 0.2) is 11.5 Å². The summed E-state index contributed by atoms with van der Waals surface area (Å²) in [4.78, 5) is 12.0. The van der Waals surface area contributed by atoms with Crippen molar-refractivity contribution in [1.29, 1.82) is 0 Å². The summed E-state index contributed by atoms with van der Waals surface area (Å²) in [7, 11) is 3.05. The van der Waals surface area contributed by atoms with Crippen molar-refractivity contribution in [2.24, 2.45) is 5.10 Å². The molecule has 0 aliphatic rings. The fraction of sp³-hybridized carbons (Fsp3) is 0.125. The van der Waals surface area contributed by atoms with Crippen LogP contribution in [0.2, 0.25) is 0 Å². The average molecular weight is 426 g/mol. The van der Waals surface area contributed by atoms with Crippen molar-refractivity contribution in [3.05, 3.63) is 51.1 Å². The van der Waals surface area contributed by atoms with Gasteiger partial charge in [-0.05, 0) is 64.6 Å². The van der Waals surface area contributed by atoms with Crippen LogP contribution in [-0.2, 0) is 0 Å². The summed E-state index contributed by atoms with van der Waals surface area (Å²) in [5, 5.41) is 13.5. The number of carbonyl (C=O) groups excluding carboxylic acids is 1. The number of carbonyl (C=O) groups is 1. The van der Waals surface area contributed by atoms with E-state index in [0.717, 1.165) is 3.57 Å². The molecule has 0 aliphatic carbocycles. The van der Waals surface area contributed by atoms with Crippen LogP contribution in [0.15, 0.2) is 41.5 Å². The molecule has 2 N–H and O–H groups in total. The molecular formula is C16H15IN2O4. The zero-order chi connectivity index (χ0) is 16.8. The number of nitrogens with one attached hydrogen (secondary N) is 1. The van der Waals surface area contributed by atoms with Crippen LogP contribution in [0, 0.1) is 3.57 Å². The second-order valence-electron chi connectivity index (χ2n) is 4.48. The van der Waals surface area contributed by atoms with Gasteiger partial charge in [-0.1, -0.05) is 0 Å². The monoisotopic (exact) mass is 426 g/mol. The molecule has 0 bridgehead atoms. The number of halogens is 1. The van der Waals surface area contributed by atoms with E-state index >= 15 is 0 Å². The Morgan fingerprint density at radius 1 is 1.17 bits per heavy atom. The first kappa shape index (κ1) is 17.1. The minimum Gasteiger partial charge on any atom is -0.504 e. The molecule has 0 atom stereocenters. The highest BCUT2D eigenvalue weighted by molar-refractivity contribution is 14.1. The van der Waals surface area contributed by atoms with E-state index in [4.69, 9.17) is 9.47 Å². The highest BCUT2D eigenvalue weighted by atomic mass is 127. The van der Waals surface area contributed by atoms with Crippen molar-refractivity contribution >= 4 is 34.7 Å². The molecule has 120 valence electrons. The number of benzene rings is 2. The molecule has 0 aromatic heterocycles. The zero-order valence-electron chi connectivity index (χ0n) is 12.5. The number of rotatable bonds is 5. The maximum absolute atomic E-state index is 12.0. The minimum absolute atomic E-state index is 0.00693. The topological polar surface area (TPSA) is 80.2 Å². The van der Waals surface area contributed by atoms with Crippen LogP contribution in [0.4, 0.5) is 0 Å². The Labute approximate surface area is 147 Å². The predicted molar refractivity (Wildman–Crippen MR) is 95.4 cm³/mol. The van der Waals surface area contributed by atoms with Crippen LogP contribution in [0.5, 0.6) is 17.2 Å². The number of hydrogen-bond donors (Lipinski definition) is 2. The van der Waals surface area contributed by atoms with Gasteiger partial charge in [0.1, 0.15) is 5.75 Å². The van der Waals surface area contributed by atoms with Gasteiger partial charge in [0, 0.05) is 5.56 Å². The minimum atomic E-state index is -0.334. The number of phenolic OH excluding ortho intramolecular Hbond substituents is 1. The molecule has 1 amide bonds. The Kier molecular flexibility index (Phi) is 5.80. The summed E-state index contributed by atoms with van der Waals surface area (Å²) in [6, 6.07) is 9.91. The lowest BCUT2D eigenvalue weighted by atomic mass is 10.2. The van der Waals surface area contributed by atoms with E-state index in [2.05, 4.69) is 33.1 Å². The van der Waals surface area contributed by atoms with Crippen molar-refractivity contribution in [3.63, 3.8) is 0 Å². The molecule has 0 fully saturated rings. The fourth-order valence-electron chi connectivity index (χ4n) is 1.82. The van der Waals surface area contributed by atoms with Crippen LogP contribution in [0.3, 0.4) is 0 Å². The molecule has 6 nitrogen and oxygen atoms in total. The number of aromatic hydroxyl groups is 1. The molecule has 0 unspecified atom stereocenters. The van der Waals surface area contributed by atoms with Gasteiger partial charge in [0.2, 0.25) is 0 Å². The molecule has 0 saturated carbocycles. The van der Waals surface area contributed by atoms with Crippen LogP contribution >= 0.6 is 22.6 Å². The summed E-state index contributed by atoms with van der Waals surface area (Å²) in [6.07, 6.45) is 1.44. The first-order valence-corrected chi connectivity index (χ1v) is 7.67. The number of nitrogens with zero attached hydrogens (tertiary/aromatic N) is 1. The van der Waals surface area contributed by atoms with Crippen molar-refractivity contribution in [1.82, 2.24) is 5.43 Å². The van der Waals surface area contributed by atoms with Gasteiger partial charge < -0.3 is 14.6 Å². The molecule has 0 aliphatic heterocycles. The zero-order valence-corrected chi connectivity index (χ0v) is 14.7. The van der Waals surface area contributed by atoms with Crippen LogP contribution in [-0.4, -0.2) is 31.4 Å². The number of ether oxygens (including phenoxy) is 2. The van der Waals surface area contributed by atoms with Gasteiger partial charge in [-0.15, -0.1) is 0 Å². The number of hydrazone groups is 1. The van der Waals surface area contributed by atoms with Crippen molar-refractivity contribution in [2.45, 2.75) is 0 Å². The van der Waals surface area contributed by atoms with Gasteiger partial charge in [-0.3, -0.25) is 4.79 Å². The first-order valence-electron chi connectivity index (χ1n) is 6.59. The van der Waals surface area contributed by atoms with Crippen molar-refractivity contribution < 1.29 is 19.4 Å². The predicted octanol–water partition coefficient (Wildman–Crippen LogP) is 2.78. The highest BCUT2D eigenvalue weighted by Gasteiger charge is 2.08. The SMILES string of the molecule is COc1ccc(C=NNC(=O)c2ccc(OC)c(I)c2)cc1O. The van der Waals surface area contributed by atoms with E-state index in [1.54, 1.807) is 37.4 Å². The van der Waals surface area contributed by atoms with Gasteiger partial charge in [0.25, 0.3) is 5.91 Å². The Hall–Kier alpha value is -2.29. The van der Waals surface area contributed by atoms with E-state index in [-0.39, 0.29) is 11.7 Å². The summed E-state index contributed by atoms with van der Waals surface area (Å²) in [5.41, 5.74) is 3.54. The van der Waals surface area contributed by atoms with Gasteiger partial charge in [-0.25, -0.2) is 5.43 Å². The van der Waals surface area contributed by atoms with E-state index in [9.17, 15) is 9.90 Å². The standard InChI is InChI=1S/C16H15IN2O4/c1-22-14-6-4-11(8-12(14)17)16(21)19-18-9-10-3-5-15(23-2)13(20)7-10/h3-9,20H,1-2H3,(H,19,21). The maximum atomic E-state index is 12.0. The van der Waals surface area contributed by atoms with Gasteiger partial charge in [0.05, 0.1) is 24.0 Å². The first-order chi connectivity index (χ1) is 11.0. The lowest BCUT2D eigenvalue weighted by molar-refractivity contribution is 0.0955. The second-order valence-corrected chi connectivity index (χ2v) is 5.64. The highest BCUT2D eigenvalue weighted by Crippen LogP contribution is 2.25. The molecule has 23 heavy (non-hydrogen) atoms. The normalized spacial score (nSPS) is 10.6. The number of amides is 1. The van der Waals surface area contributed by atoms with Crippen molar-refractivity contribution in [3.8, 4) is 17.2 Å². The van der Waals surface area contributed by atoms with Crippen LogP contribution in [0.25, 0.3) is 0 Å². The molecule has 0 saturated heterocycles. The van der Waals surface area contributed by atoms with Gasteiger partial charge in [-0.2, -0.15) is 5.10 Å². The summed E-state index contributed by atoms with van der Waals surface area (Å²) >= 11 is 2.09. The number of phenols is 1. The molecule has 7 heteroatoms. The third-order valence-corrected chi connectivity index (χ3v) is 3.84. The molecule has 0 heterocycles. The van der Waals surface area contributed by atoms with E-state index in [0.29, 0.717) is 22.6 Å². The molecular weight excluding hydrogens is 411 g/mol. The van der Waals surface area contributed by atoms with E-state index in [1.165, 1.54) is 19.4 Å². The lowest BCUT2D eigenvalue weighted by Gasteiger charge is -2.05. The van der Waals surface area contributed by atoms with E-state index in [1.807, 2.05) is 0 Å². The second kappa shape index (κ2) is 7.82. The Morgan fingerprint density at radius 3 is 2.48 bits per heavy atom.